The summed E-state index contributed by atoms with van der Waals surface area (Å²) in [7, 11) is 0. The largest absolute Gasteiger partial charge is 0.445 e. The molecule has 0 bridgehead atoms. The molecule has 1 aliphatic rings. The Labute approximate surface area is 87.9 Å². The van der Waals surface area contributed by atoms with Crippen LogP contribution in [-0.4, -0.2) is 29.8 Å². The van der Waals surface area contributed by atoms with Crippen LogP contribution in [0.25, 0.3) is 0 Å². The zero-order valence-electron chi connectivity index (χ0n) is 7.66. The summed E-state index contributed by atoms with van der Waals surface area (Å²) in [5.74, 6) is 0.364. The minimum atomic E-state index is -4.39. The first kappa shape index (κ1) is 10.6. The second-order valence-corrected chi connectivity index (χ2v) is 4.35. The van der Waals surface area contributed by atoms with E-state index >= 15 is 0 Å². The highest BCUT2D eigenvalue weighted by atomic mass is 32.1. The highest BCUT2D eigenvalue weighted by Gasteiger charge is 2.37. The molecule has 2 rings (SSSR count). The summed E-state index contributed by atoms with van der Waals surface area (Å²) >= 11 is 0.574. The van der Waals surface area contributed by atoms with Gasteiger partial charge in [-0.25, -0.2) is 0 Å². The first-order valence-corrected chi connectivity index (χ1v) is 5.18. The molecule has 0 aromatic carbocycles. The molecule has 1 aliphatic heterocycles. The van der Waals surface area contributed by atoms with Crippen LogP contribution < -0.4 is 10.6 Å². The first-order valence-electron chi connectivity index (χ1n) is 4.36. The summed E-state index contributed by atoms with van der Waals surface area (Å²) in [4.78, 5) is 1.75. The van der Waals surface area contributed by atoms with Gasteiger partial charge in [0.2, 0.25) is 10.1 Å². The maximum atomic E-state index is 12.2. The molecule has 15 heavy (non-hydrogen) atoms. The summed E-state index contributed by atoms with van der Waals surface area (Å²) in [6.45, 7) is 1.90. The van der Waals surface area contributed by atoms with Crippen molar-refractivity contribution in [2.45, 2.75) is 6.18 Å². The monoisotopic (exact) mass is 238 g/mol. The minimum absolute atomic E-state index is 0.326. The van der Waals surface area contributed by atoms with Gasteiger partial charge in [0.1, 0.15) is 0 Å². The normalized spacial score (nSPS) is 18.0. The van der Waals surface area contributed by atoms with Gasteiger partial charge >= 0.3 is 6.18 Å². The molecule has 8 heteroatoms. The van der Waals surface area contributed by atoms with E-state index in [2.05, 4.69) is 10.2 Å². The van der Waals surface area contributed by atoms with Crippen molar-refractivity contribution in [2.24, 2.45) is 11.7 Å². The summed E-state index contributed by atoms with van der Waals surface area (Å²) in [5, 5.41) is 6.05. The number of hydrogen-bond donors (Lipinski definition) is 1. The molecule has 2 N–H and O–H groups in total. The molecule has 4 nitrogen and oxygen atoms in total. The molecule has 2 heterocycles. The lowest BCUT2D eigenvalue weighted by atomic mass is 10.0. The number of anilines is 1. The molecule has 0 radical (unpaired) electrons. The Bertz CT molecular complexity index is 344. The number of halogens is 3. The Hall–Kier alpha value is -0.890. The van der Waals surface area contributed by atoms with E-state index in [-0.39, 0.29) is 0 Å². The number of nitrogens with zero attached hydrogens (tertiary/aromatic N) is 3. The van der Waals surface area contributed by atoms with E-state index in [0.717, 1.165) is 0 Å². The molecule has 84 valence electrons. The zero-order chi connectivity index (χ0) is 11.1. The van der Waals surface area contributed by atoms with Crippen molar-refractivity contribution < 1.29 is 13.2 Å². The Morgan fingerprint density at radius 3 is 2.53 bits per heavy atom. The fourth-order valence-corrected chi connectivity index (χ4v) is 2.06. The van der Waals surface area contributed by atoms with Crippen LogP contribution in [0, 0.1) is 5.92 Å². The number of alkyl halides is 3. The number of hydrogen-bond acceptors (Lipinski definition) is 5. The molecule has 0 amide bonds. The quantitative estimate of drug-likeness (QED) is 0.833. The standard InChI is InChI=1S/C7H9F3N4S/c8-7(9,10)5-12-13-6(15-5)14-2-4(1-11)3-14/h4H,1-3,11H2. The van der Waals surface area contributed by atoms with E-state index in [1.165, 1.54) is 0 Å². The van der Waals surface area contributed by atoms with Gasteiger partial charge in [-0.1, -0.05) is 11.3 Å². The van der Waals surface area contributed by atoms with Gasteiger partial charge in [0.25, 0.3) is 0 Å². The lowest BCUT2D eigenvalue weighted by Crippen LogP contribution is -2.49. The predicted octanol–water partition coefficient (Wildman–Crippen LogP) is 0.952. The molecule has 0 aliphatic carbocycles. The smallest absolute Gasteiger partial charge is 0.346 e. The van der Waals surface area contributed by atoms with Gasteiger partial charge in [-0.2, -0.15) is 13.2 Å². The number of aromatic nitrogens is 2. The van der Waals surface area contributed by atoms with Gasteiger partial charge in [0.15, 0.2) is 0 Å². The highest BCUT2D eigenvalue weighted by molar-refractivity contribution is 7.15. The third-order valence-electron chi connectivity index (χ3n) is 2.22. The molecule has 0 spiro atoms. The van der Waals surface area contributed by atoms with Crippen LogP contribution in [0.1, 0.15) is 5.01 Å². The van der Waals surface area contributed by atoms with E-state index in [1.54, 1.807) is 4.90 Å². The topological polar surface area (TPSA) is 55.0 Å². The lowest BCUT2D eigenvalue weighted by Gasteiger charge is -2.37. The lowest BCUT2D eigenvalue weighted by molar-refractivity contribution is -0.138. The predicted molar refractivity (Wildman–Crippen MR) is 49.7 cm³/mol. The molecule has 1 fully saturated rings. The number of rotatable bonds is 2. The Morgan fingerprint density at radius 2 is 2.07 bits per heavy atom. The van der Waals surface area contributed by atoms with Crippen LogP contribution in [0.2, 0.25) is 0 Å². The third-order valence-corrected chi connectivity index (χ3v) is 3.25. The molecule has 0 atom stereocenters. The van der Waals surface area contributed by atoms with E-state index in [4.69, 9.17) is 5.73 Å². The van der Waals surface area contributed by atoms with Crippen molar-refractivity contribution in [3.8, 4) is 0 Å². The maximum Gasteiger partial charge on any atom is 0.445 e. The third kappa shape index (κ3) is 2.05. The Morgan fingerprint density at radius 1 is 1.40 bits per heavy atom. The maximum absolute atomic E-state index is 12.2. The van der Waals surface area contributed by atoms with E-state index < -0.39 is 11.2 Å². The fourth-order valence-electron chi connectivity index (χ4n) is 1.33. The van der Waals surface area contributed by atoms with E-state index in [1.807, 2.05) is 0 Å². The van der Waals surface area contributed by atoms with E-state index in [0.29, 0.717) is 42.0 Å². The van der Waals surface area contributed by atoms with Crippen LogP contribution in [0.3, 0.4) is 0 Å². The molecule has 0 unspecified atom stereocenters. The molecule has 1 saturated heterocycles. The Balaban J connectivity index is 2.03. The first-order chi connectivity index (χ1) is 7.00. The van der Waals surface area contributed by atoms with Gasteiger partial charge in [-0.15, -0.1) is 10.2 Å². The molecule has 1 aromatic rings. The zero-order valence-corrected chi connectivity index (χ0v) is 8.48. The van der Waals surface area contributed by atoms with E-state index in [9.17, 15) is 13.2 Å². The minimum Gasteiger partial charge on any atom is -0.346 e. The average Bonchev–Trinajstić information content (AvgIpc) is 2.50. The van der Waals surface area contributed by atoms with Crippen molar-refractivity contribution in [3.05, 3.63) is 5.01 Å². The molecule has 0 saturated carbocycles. The van der Waals surface area contributed by atoms with Crippen LogP contribution in [0.5, 0.6) is 0 Å². The highest BCUT2D eigenvalue weighted by Crippen LogP contribution is 2.35. The second-order valence-electron chi connectivity index (χ2n) is 3.39. The average molecular weight is 238 g/mol. The molecular weight excluding hydrogens is 229 g/mol. The van der Waals surface area contributed by atoms with Gasteiger partial charge in [-0.05, 0) is 6.54 Å². The van der Waals surface area contributed by atoms with Gasteiger partial charge in [0.05, 0.1) is 0 Å². The summed E-state index contributed by atoms with van der Waals surface area (Å²) in [6.07, 6.45) is -4.39. The van der Waals surface area contributed by atoms with Crippen molar-refractivity contribution >= 4 is 16.5 Å². The second kappa shape index (κ2) is 3.60. The van der Waals surface area contributed by atoms with Gasteiger partial charge < -0.3 is 10.6 Å². The van der Waals surface area contributed by atoms with Crippen LogP contribution in [0.15, 0.2) is 0 Å². The summed E-state index contributed by atoms with van der Waals surface area (Å²) < 4.78 is 36.6. The Kier molecular flexibility index (Phi) is 2.55. The molecule has 1 aromatic heterocycles. The van der Waals surface area contributed by atoms with Crippen molar-refractivity contribution in [2.75, 3.05) is 24.5 Å². The van der Waals surface area contributed by atoms with Crippen LogP contribution in [-0.2, 0) is 6.18 Å². The van der Waals surface area contributed by atoms with Gasteiger partial charge in [0, 0.05) is 19.0 Å². The van der Waals surface area contributed by atoms with Crippen LogP contribution >= 0.6 is 11.3 Å². The van der Waals surface area contributed by atoms with Crippen molar-refractivity contribution in [1.29, 1.82) is 0 Å². The summed E-state index contributed by atoms with van der Waals surface area (Å²) in [6, 6.07) is 0. The van der Waals surface area contributed by atoms with Crippen LogP contribution in [0.4, 0.5) is 18.3 Å². The van der Waals surface area contributed by atoms with Crippen molar-refractivity contribution in [3.63, 3.8) is 0 Å². The number of nitrogens with two attached hydrogens (primary N) is 1. The van der Waals surface area contributed by atoms with Crippen molar-refractivity contribution in [1.82, 2.24) is 10.2 Å². The van der Waals surface area contributed by atoms with Gasteiger partial charge in [-0.3, -0.25) is 0 Å². The fraction of sp³-hybridized carbons (Fsp3) is 0.714. The SMILES string of the molecule is NCC1CN(c2nnc(C(F)(F)F)s2)C1. The summed E-state index contributed by atoms with van der Waals surface area (Å²) in [5.41, 5.74) is 5.41. The molecular formula is C7H9F3N4S.